The van der Waals surface area contributed by atoms with Crippen molar-refractivity contribution >= 4 is 16.8 Å². The molecule has 0 aliphatic carbocycles. The van der Waals surface area contributed by atoms with Crippen LogP contribution in [0.3, 0.4) is 0 Å². The van der Waals surface area contributed by atoms with Crippen molar-refractivity contribution in [3.05, 3.63) is 41.6 Å². The van der Waals surface area contributed by atoms with E-state index < -0.39 is 11.6 Å². The van der Waals surface area contributed by atoms with Gasteiger partial charge in [-0.05, 0) is 32.0 Å². The van der Waals surface area contributed by atoms with Crippen LogP contribution in [0.15, 0.2) is 24.4 Å². The van der Waals surface area contributed by atoms with E-state index in [4.69, 9.17) is 0 Å². The molecule has 0 unspecified atom stereocenters. The highest BCUT2D eigenvalue weighted by Gasteiger charge is 2.12. The Labute approximate surface area is 103 Å². The van der Waals surface area contributed by atoms with Crippen LogP contribution in [0, 0.1) is 11.6 Å². The number of pyridine rings is 1. The van der Waals surface area contributed by atoms with E-state index in [1.807, 2.05) is 13.8 Å². The molecule has 0 spiro atoms. The Kier molecular flexibility index (Phi) is 3.23. The van der Waals surface area contributed by atoms with Gasteiger partial charge in [0.05, 0.1) is 5.56 Å². The van der Waals surface area contributed by atoms with Crippen LogP contribution in [0.1, 0.15) is 24.2 Å². The molecular weight excluding hydrogens is 238 g/mol. The molecule has 0 aliphatic heterocycles. The van der Waals surface area contributed by atoms with Gasteiger partial charge in [-0.1, -0.05) is 0 Å². The molecule has 0 saturated carbocycles. The van der Waals surface area contributed by atoms with Gasteiger partial charge in [0.2, 0.25) is 0 Å². The van der Waals surface area contributed by atoms with E-state index in [1.165, 1.54) is 18.3 Å². The molecule has 1 amide bonds. The van der Waals surface area contributed by atoms with Crippen molar-refractivity contribution in [2.45, 2.75) is 19.9 Å². The molecule has 2 rings (SSSR count). The highest BCUT2D eigenvalue weighted by molar-refractivity contribution is 5.97. The predicted molar refractivity (Wildman–Crippen MR) is 64.3 cm³/mol. The summed E-state index contributed by atoms with van der Waals surface area (Å²) in [5.74, 6) is -2.23. The molecule has 0 atom stereocenters. The third-order valence-corrected chi connectivity index (χ3v) is 2.43. The third-order valence-electron chi connectivity index (χ3n) is 2.43. The number of halogens is 2. The van der Waals surface area contributed by atoms with Crippen LogP contribution in [-0.2, 0) is 0 Å². The minimum atomic E-state index is -0.997. The molecule has 0 aliphatic rings. The van der Waals surface area contributed by atoms with E-state index >= 15 is 0 Å². The molecule has 0 saturated heterocycles. The number of carbonyl (C=O) groups is 1. The van der Waals surface area contributed by atoms with Crippen molar-refractivity contribution in [1.29, 1.82) is 0 Å². The Morgan fingerprint density at radius 1 is 1.33 bits per heavy atom. The van der Waals surface area contributed by atoms with Gasteiger partial charge in [0.25, 0.3) is 5.91 Å². The zero-order chi connectivity index (χ0) is 13.3. The molecular formula is C13H12F2N2O. The van der Waals surface area contributed by atoms with Crippen molar-refractivity contribution in [1.82, 2.24) is 10.3 Å². The summed E-state index contributed by atoms with van der Waals surface area (Å²) in [6, 6.07) is 3.90. The van der Waals surface area contributed by atoms with Gasteiger partial charge in [-0.25, -0.2) is 8.78 Å². The van der Waals surface area contributed by atoms with Crippen molar-refractivity contribution in [3.8, 4) is 0 Å². The summed E-state index contributed by atoms with van der Waals surface area (Å²) in [4.78, 5) is 15.5. The summed E-state index contributed by atoms with van der Waals surface area (Å²) in [5.41, 5.74) is 0.248. The van der Waals surface area contributed by atoms with Gasteiger partial charge in [0.15, 0.2) is 11.6 Å². The summed E-state index contributed by atoms with van der Waals surface area (Å²) in [6.07, 6.45) is 1.24. The molecule has 1 heterocycles. The standard InChI is InChI=1S/C13H12F2N2O/c1-7(2)17-13(18)9-5-8-3-4-10(14)11(15)12(8)16-6-9/h3-7H,1-2H3,(H,17,18). The summed E-state index contributed by atoms with van der Waals surface area (Å²) < 4.78 is 26.4. The molecule has 0 fully saturated rings. The van der Waals surface area contributed by atoms with Crippen LogP contribution in [0.25, 0.3) is 10.9 Å². The van der Waals surface area contributed by atoms with Crippen LogP contribution < -0.4 is 5.32 Å². The first-order chi connectivity index (χ1) is 8.49. The first kappa shape index (κ1) is 12.4. The Morgan fingerprint density at radius 3 is 2.72 bits per heavy atom. The van der Waals surface area contributed by atoms with E-state index in [0.717, 1.165) is 6.07 Å². The average Bonchev–Trinajstić information content (AvgIpc) is 2.32. The maximum atomic E-state index is 13.4. The normalized spacial score (nSPS) is 10.9. The second-order valence-electron chi connectivity index (χ2n) is 4.29. The fourth-order valence-corrected chi connectivity index (χ4v) is 1.61. The van der Waals surface area contributed by atoms with Crippen LogP contribution in [-0.4, -0.2) is 16.9 Å². The summed E-state index contributed by atoms with van der Waals surface area (Å²) in [6.45, 7) is 3.67. The van der Waals surface area contributed by atoms with E-state index in [-0.39, 0.29) is 17.5 Å². The molecule has 5 heteroatoms. The number of amides is 1. The number of rotatable bonds is 2. The molecule has 1 aromatic carbocycles. The molecule has 94 valence electrons. The smallest absolute Gasteiger partial charge is 0.253 e. The highest BCUT2D eigenvalue weighted by atomic mass is 19.2. The SMILES string of the molecule is CC(C)NC(=O)c1cnc2c(F)c(F)ccc2c1. The van der Waals surface area contributed by atoms with Crippen molar-refractivity contribution < 1.29 is 13.6 Å². The predicted octanol–water partition coefficient (Wildman–Crippen LogP) is 2.65. The quantitative estimate of drug-likeness (QED) is 0.890. The van der Waals surface area contributed by atoms with Gasteiger partial charge in [-0.3, -0.25) is 9.78 Å². The Hall–Kier alpha value is -2.04. The topological polar surface area (TPSA) is 42.0 Å². The molecule has 0 bridgehead atoms. The molecule has 1 N–H and O–H groups in total. The minimum absolute atomic E-state index is 0.00171. The fraction of sp³-hybridized carbons (Fsp3) is 0.231. The number of benzene rings is 1. The lowest BCUT2D eigenvalue weighted by Gasteiger charge is -2.08. The summed E-state index contributed by atoms with van der Waals surface area (Å²) in [7, 11) is 0. The average molecular weight is 250 g/mol. The number of nitrogens with zero attached hydrogens (tertiary/aromatic N) is 1. The monoisotopic (exact) mass is 250 g/mol. The second-order valence-corrected chi connectivity index (χ2v) is 4.29. The van der Waals surface area contributed by atoms with Gasteiger partial charge in [-0.2, -0.15) is 0 Å². The number of nitrogens with one attached hydrogen (secondary N) is 1. The zero-order valence-electron chi connectivity index (χ0n) is 10.00. The largest absolute Gasteiger partial charge is 0.350 e. The number of aromatic nitrogens is 1. The van der Waals surface area contributed by atoms with Gasteiger partial charge >= 0.3 is 0 Å². The van der Waals surface area contributed by atoms with Crippen LogP contribution in [0.2, 0.25) is 0 Å². The second kappa shape index (κ2) is 4.68. The van der Waals surface area contributed by atoms with Gasteiger partial charge in [0, 0.05) is 17.6 Å². The first-order valence-electron chi connectivity index (χ1n) is 5.53. The van der Waals surface area contributed by atoms with Gasteiger partial charge in [0.1, 0.15) is 5.52 Å². The van der Waals surface area contributed by atoms with Gasteiger partial charge in [-0.15, -0.1) is 0 Å². The highest BCUT2D eigenvalue weighted by Crippen LogP contribution is 2.19. The van der Waals surface area contributed by atoms with E-state index in [9.17, 15) is 13.6 Å². The van der Waals surface area contributed by atoms with Gasteiger partial charge < -0.3 is 5.32 Å². The number of fused-ring (bicyclic) bond motifs is 1. The molecule has 3 nitrogen and oxygen atoms in total. The lowest BCUT2D eigenvalue weighted by molar-refractivity contribution is 0.0943. The summed E-state index contributed by atoms with van der Waals surface area (Å²) >= 11 is 0. The first-order valence-corrected chi connectivity index (χ1v) is 5.53. The van der Waals surface area contributed by atoms with Crippen LogP contribution >= 0.6 is 0 Å². The van der Waals surface area contributed by atoms with Crippen molar-refractivity contribution in [2.75, 3.05) is 0 Å². The van der Waals surface area contributed by atoms with Crippen LogP contribution in [0.5, 0.6) is 0 Å². The fourth-order valence-electron chi connectivity index (χ4n) is 1.61. The van der Waals surface area contributed by atoms with Crippen molar-refractivity contribution in [2.24, 2.45) is 0 Å². The van der Waals surface area contributed by atoms with E-state index in [0.29, 0.717) is 10.9 Å². The number of hydrogen-bond acceptors (Lipinski definition) is 2. The number of carbonyl (C=O) groups excluding carboxylic acids is 1. The Balaban J connectivity index is 2.45. The van der Waals surface area contributed by atoms with E-state index in [2.05, 4.69) is 10.3 Å². The Bertz CT molecular complexity index is 611. The van der Waals surface area contributed by atoms with Crippen LogP contribution in [0.4, 0.5) is 8.78 Å². The van der Waals surface area contributed by atoms with E-state index in [1.54, 1.807) is 0 Å². The molecule has 2 aromatic rings. The zero-order valence-corrected chi connectivity index (χ0v) is 10.00. The van der Waals surface area contributed by atoms with Crippen molar-refractivity contribution in [3.63, 3.8) is 0 Å². The number of hydrogen-bond donors (Lipinski definition) is 1. The maximum absolute atomic E-state index is 13.4. The molecule has 0 radical (unpaired) electrons. The maximum Gasteiger partial charge on any atom is 0.253 e. The summed E-state index contributed by atoms with van der Waals surface area (Å²) in [5, 5.41) is 3.10. The lowest BCUT2D eigenvalue weighted by Crippen LogP contribution is -2.30. The molecule has 1 aromatic heterocycles. The minimum Gasteiger partial charge on any atom is -0.350 e. The molecule has 18 heavy (non-hydrogen) atoms. The third kappa shape index (κ3) is 2.30. The Morgan fingerprint density at radius 2 is 2.06 bits per heavy atom. The lowest BCUT2D eigenvalue weighted by atomic mass is 10.1.